The summed E-state index contributed by atoms with van der Waals surface area (Å²) < 4.78 is 28.1. The highest BCUT2D eigenvalue weighted by atomic mass is 32.2. The van der Waals surface area contributed by atoms with Crippen LogP contribution in [0.15, 0.2) is 45.3 Å². The molecule has 0 saturated carbocycles. The Balaban J connectivity index is 2.43. The van der Waals surface area contributed by atoms with Crippen molar-refractivity contribution in [2.75, 3.05) is 0 Å². The van der Waals surface area contributed by atoms with Gasteiger partial charge in [0, 0.05) is 10.5 Å². The summed E-state index contributed by atoms with van der Waals surface area (Å²) in [5.74, 6) is -1.83. The number of hydrogen-bond acceptors (Lipinski definition) is 3. The summed E-state index contributed by atoms with van der Waals surface area (Å²) in [7, 11) is 0. The molecule has 0 atom stereocenters. The van der Waals surface area contributed by atoms with Crippen LogP contribution in [0.4, 0.5) is 8.78 Å². The van der Waals surface area contributed by atoms with Crippen LogP contribution in [-0.4, -0.2) is 11.0 Å². The van der Waals surface area contributed by atoms with Crippen molar-refractivity contribution in [3.63, 3.8) is 0 Å². The van der Waals surface area contributed by atoms with Gasteiger partial charge in [0.15, 0.2) is 5.84 Å². The van der Waals surface area contributed by atoms with Gasteiger partial charge in [-0.25, -0.2) is 8.78 Å². The fourth-order valence-electron chi connectivity index (χ4n) is 1.79. The van der Waals surface area contributed by atoms with Crippen LogP contribution in [0.1, 0.15) is 16.7 Å². The second kappa shape index (κ2) is 6.13. The second-order valence-corrected chi connectivity index (χ2v) is 5.68. The molecule has 0 aliphatic rings. The van der Waals surface area contributed by atoms with Crippen LogP contribution in [-0.2, 0) is 0 Å². The summed E-state index contributed by atoms with van der Waals surface area (Å²) in [6, 6.07) is 7.80. The first kappa shape index (κ1) is 15.3. The van der Waals surface area contributed by atoms with Gasteiger partial charge >= 0.3 is 0 Å². The number of nitrogens with two attached hydrogens (primary N) is 1. The van der Waals surface area contributed by atoms with E-state index < -0.39 is 11.6 Å². The first-order chi connectivity index (χ1) is 9.92. The minimum absolute atomic E-state index is 0.00202. The molecule has 0 bridgehead atoms. The number of nitrogens with zero attached hydrogens (tertiary/aromatic N) is 1. The van der Waals surface area contributed by atoms with E-state index in [0.29, 0.717) is 0 Å². The van der Waals surface area contributed by atoms with Gasteiger partial charge in [-0.05, 0) is 43.2 Å². The van der Waals surface area contributed by atoms with Gasteiger partial charge in [0.1, 0.15) is 11.6 Å². The van der Waals surface area contributed by atoms with Crippen LogP contribution < -0.4 is 5.73 Å². The van der Waals surface area contributed by atoms with Crippen molar-refractivity contribution in [3.8, 4) is 0 Å². The number of benzene rings is 2. The average Bonchev–Trinajstić information content (AvgIpc) is 2.45. The molecule has 0 radical (unpaired) electrons. The van der Waals surface area contributed by atoms with Crippen LogP contribution in [0.25, 0.3) is 0 Å². The van der Waals surface area contributed by atoms with E-state index in [-0.39, 0.29) is 16.3 Å². The number of oxime groups is 1. The molecule has 2 rings (SSSR count). The molecule has 0 amide bonds. The highest BCUT2D eigenvalue weighted by molar-refractivity contribution is 7.99. The molecule has 0 saturated heterocycles. The molecule has 6 heteroatoms. The number of hydrogen-bond donors (Lipinski definition) is 2. The molecule has 3 nitrogen and oxygen atoms in total. The van der Waals surface area contributed by atoms with Gasteiger partial charge in [-0.3, -0.25) is 0 Å². The third-order valence-electron chi connectivity index (χ3n) is 2.96. The quantitative estimate of drug-likeness (QED) is 0.392. The minimum Gasteiger partial charge on any atom is -0.409 e. The summed E-state index contributed by atoms with van der Waals surface area (Å²) in [6.07, 6.45) is 0. The van der Waals surface area contributed by atoms with Gasteiger partial charge in [0.25, 0.3) is 0 Å². The van der Waals surface area contributed by atoms with E-state index in [9.17, 15) is 8.78 Å². The third kappa shape index (κ3) is 3.33. The first-order valence-corrected chi connectivity index (χ1v) is 6.96. The summed E-state index contributed by atoms with van der Waals surface area (Å²) in [4.78, 5) is 0.669. The molecular formula is C15H14F2N2OS. The number of halogens is 2. The lowest BCUT2D eigenvalue weighted by Gasteiger charge is -2.10. The van der Waals surface area contributed by atoms with Crippen LogP contribution >= 0.6 is 11.8 Å². The maximum Gasteiger partial charge on any atom is 0.170 e. The topological polar surface area (TPSA) is 58.6 Å². The van der Waals surface area contributed by atoms with Crippen molar-refractivity contribution in [1.29, 1.82) is 0 Å². The van der Waals surface area contributed by atoms with E-state index in [4.69, 9.17) is 10.9 Å². The van der Waals surface area contributed by atoms with E-state index in [0.717, 1.165) is 39.9 Å². The average molecular weight is 308 g/mol. The molecule has 3 N–H and O–H groups in total. The molecule has 0 fully saturated rings. The lowest BCUT2D eigenvalue weighted by Crippen LogP contribution is -2.14. The van der Waals surface area contributed by atoms with Crippen molar-refractivity contribution in [1.82, 2.24) is 0 Å². The predicted molar refractivity (Wildman–Crippen MR) is 78.9 cm³/mol. The van der Waals surface area contributed by atoms with Gasteiger partial charge in [-0.15, -0.1) is 0 Å². The summed E-state index contributed by atoms with van der Waals surface area (Å²) in [5.41, 5.74) is 7.28. The molecule has 2 aromatic rings. The van der Waals surface area contributed by atoms with Crippen molar-refractivity contribution in [2.24, 2.45) is 10.9 Å². The maximum atomic E-state index is 14.1. The van der Waals surface area contributed by atoms with Crippen molar-refractivity contribution in [2.45, 2.75) is 23.6 Å². The molecule has 21 heavy (non-hydrogen) atoms. The number of rotatable bonds is 3. The van der Waals surface area contributed by atoms with Crippen LogP contribution in [0.2, 0.25) is 0 Å². The molecule has 0 aliphatic carbocycles. The molecule has 0 aliphatic heterocycles. The van der Waals surface area contributed by atoms with Crippen molar-refractivity contribution < 1.29 is 14.0 Å². The molecule has 0 spiro atoms. The predicted octanol–water partition coefficient (Wildman–Crippen LogP) is 3.83. The largest absolute Gasteiger partial charge is 0.409 e. The Hall–Kier alpha value is -2.08. The molecule has 0 unspecified atom stereocenters. The highest BCUT2D eigenvalue weighted by Crippen LogP contribution is 2.35. The summed E-state index contributed by atoms with van der Waals surface area (Å²) >= 11 is 1.02. The molecule has 2 aromatic carbocycles. The minimum atomic E-state index is -0.748. The smallest absolute Gasteiger partial charge is 0.170 e. The van der Waals surface area contributed by atoms with Crippen molar-refractivity contribution >= 4 is 17.6 Å². The normalized spacial score (nSPS) is 11.7. The zero-order valence-corrected chi connectivity index (χ0v) is 12.3. The van der Waals surface area contributed by atoms with E-state index in [1.165, 1.54) is 0 Å². The van der Waals surface area contributed by atoms with Crippen LogP contribution in [0.5, 0.6) is 0 Å². The monoisotopic (exact) mass is 308 g/mol. The van der Waals surface area contributed by atoms with Crippen molar-refractivity contribution in [3.05, 3.63) is 58.7 Å². The Kier molecular flexibility index (Phi) is 4.47. The summed E-state index contributed by atoms with van der Waals surface area (Å²) in [5, 5.41) is 11.3. The Morgan fingerprint density at radius 2 is 1.76 bits per heavy atom. The Labute approximate surface area is 125 Å². The Morgan fingerprint density at radius 1 is 1.14 bits per heavy atom. The Morgan fingerprint density at radius 3 is 2.33 bits per heavy atom. The molecule has 0 aromatic heterocycles. The molecular weight excluding hydrogens is 294 g/mol. The second-order valence-electron chi connectivity index (χ2n) is 4.63. The molecule has 110 valence electrons. The Bertz CT molecular complexity index is 694. The van der Waals surface area contributed by atoms with Gasteiger partial charge in [-0.2, -0.15) is 0 Å². The van der Waals surface area contributed by atoms with Crippen LogP contribution in [0, 0.1) is 25.5 Å². The summed E-state index contributed by atoms with van der Waals surface area (Å²) in [6.45, 7) is 3.79. The van der Waals surface area contributed by atoms with E-state index in [1.54, 1.807) is 0 Å². The highest BCUT2D eigenvalue weighted by Gasteiger charge is 2.15. The van der Waals surface area contributed by atoms with Gasteiger partial charge in [0.2, 0.25) is 0 Å². The third-order valence-corrected chi connectivity index (χ3v) is 4.21. The fourth-order valence-corrected chi connectivity index (χ4v) is 2.80. The lowest BCUT2D eigenvalue weighted by molar-refractivity contribution is 0.318. The zero-order chi connectivity index (χ0) is 15.6. The maximum absolute atomic E-state index is 14.1. The van der Waals surface area contributed by atoms with Gasteiger partial charge < -0.3 is 10.9 Å². The standard InChI is InChI=1S/C15H14F2N2OS/c1-8-3-4-9(2)13(5-8)21-14-11(16)6-10(7-12(14)17)15(18)19-20/h3-7,20H,1-2H3,(H2,18,19). The van der Waals surface area contributed by atoms with E-state index >= 15 is 0 Å². The SMILES string of the molecule is Cc1ccc(C)c(Sc2c(F)cc(/C(N)=N/O)cc2F)c1. The lowest BCUT2D eigenvalue weighted by atomic mass is 10.2. The van der Waals surface area contributed by atoms with Gasteiger partial charge in [0.05, 0.1) is 4.90 Å². The van der Waals surface area contributed by atoms with Gasteiger partial charge in [-0.1, -0.05) is 29.1 Å². The fraction of sp³-hybridized carbons (Fsp3) is 0.133. The van der Waals surface area contributed by atoms with Crippen LogP contribution in [0.3, 0.4) is 0 Å². The number of aryl methyl sites for hydroxylation is 2. The first-order valence-electron chi connectivity index (χ1n) is 6.14. The zero-order valence-electron chi connectivity index (χ0n) is 11.5. The van der Waals surface area contributed by atoms with E-state index in [1.807, 2.05) is 32.0 Å². The molecule has 0 heterocycles. The number of amidine groups is 1. The van der Waals surface area contributed by atoms with E-state index in [2.05, 4.69) is 5.16 Å².